The van der Waals surface area contributed by atoms with Gasteiger partial charge in [0.2, 0.25) is 0 Å². The van der Waals surface area contributed by atoms with Gasteiger partial charge < -0.3 is 0 Å². The standard InChI is InChI=1S/2C17H15N3.C16H12.3C3H8.C2H5N3.CH3I2.HI2/c2*1-20-17-15-9-5-3-7-13(15)11-10-12-6-2-4-8-14(12)16(17)18-19-20;1-2-6-14-11-12-16-8-4-3-7-15(16)10-9-13(14)5-1;3*1-3-2;1-2-4-5-3;1-3-2;1-2/h2*2-9H,10-11H2,1H3;1-8H,9-10H2;3*3H2,1-2H3;2H2,1H3;1H3;1H/q;;;;;;;2*-1/i;;;;;;;;1D. The van der Waals surface area contributed by atoms with E-state index in [0.29, 0.717) is 23.8 Å². The molecule has 8 aromatic rings. The van der Waals surface area contributed by atoms with Gasteiger partial charge in [0, 0.05) is 58.9 Å². The summed E-state index contributed by atoms with van der Waals surface area (Å²) < 4.78 is 10.1. The minimum atomic E-state index is -0.190. The summed E-state index contributed by atoms with van der Waals surface area (Å²) in [6.45, 7) is 15.1. The molecule has 0 bridgehead atoms. The second-order valence-corrected chi connectivity index (χ2v) is 23.6. The molecule has 9 nitrogen and oxygen atoms in total. The number of alkyl halides is 1. The van der Waals surface area contributed by atoms with Crippen LogP contribution in [0, 0.1) is 11.8 Å². The molecule has 0 saturated carbocycles. The van der Waals surface area contributed by atoms with E-state index in [1.807, 2.05) is 23.5 Å². The molecule has 398 valence electrons. The number of fused-ring (bicyclic) bond motifs is 12. The second kappa shape index (κ2) is 38.0. The zero-order chi connectivity index (χ0) is 55.5. The number of halogens is 4. The van der Waals surface area contributed by atoms with Crippen LogP contribution < -0.4 is 35.6 Å². The second-order valence-electron chi connectivity index (χ2n) is 17.3. The third-order valence-corrected chi connectivity index (χ3v) is 11.3. The first kappa shape index (κ1) is 62.9. The van der Waals surface area contributed by atoms with Gasteiger partial charge in [0.1, 0.15) is 11.4 Å². The number of benzene rings is 6. The van der Waals surface area contributed by atoms with Gasteiger partial charge >= 0.3 is 78.4 Å². The number of azide groups is 1. The zero-order valence-electron chi connectivity index (χ0n) is 46.5. The SMILES string of the molecule is C1#Cc2ccccc2CCc2ccccc21.CCC.CCC.CCC.CCN=[N+]=[N-].C[I-]I.Cn1nnc2c1-c1ccccc1CCc1ccccc1-2.Cn1nnc2c1-c1ccccc1CCc1ccccc1-2.[2H][I-]I. The topological polar surface area (TPSA) is 110 Å². The van der Waals surface area contributed by atoms with E-state index in [2.05, 4.69) is 272 Å². The van der Waals surface area contributed by atoms with Crippen LogP contribution in [0.5, 0.6) is 0 Å². The van der Waals surface area contributed by atoms with Crippen LogP contribution in [0.2, 0.25) is 0 Å². The van der Waals surface area contributed by atoms with Crippen LogP contribution in [0.3, 0.4) is 0 Å². The van der Waals surface area contributed by atoms with Crippen LogP contribution in [-0.2, 0) is 52.6 Å². The quantitative estimate of drug-likeness (QED) is 0.0407. The molecule has 0 spiro atoms. The summed E-state index contributed by atoms with van der Waals surface area (Å²) in [5.74, 6) is 6.54. The maximum absolute atomic E-state index is 7.52. The van der Waals surface area contributed by atoms with Gasteiger partial charge in [0.15, 0.2) is 0 Å². The van der Waals surface area contributed by atoms with Gasteiger partial charge in [-0.3, -0.25) is 0 Å². The first-order chi connectivity index (χ1) is 37.1. The molecule has 2 aromatic heterocycles. The van der Waals surface area contributed by atoms with E-state index >= 15 is 0 Å². The first-order valence-corrected chi connectivity index (χ1v) is 40.5. The van der Waals surface area contributed by atoms with Gasteiger partial charge in [0.25, 0.3) is 0 Å². The monoisotopic (exact) mass is 1450 g/mol. The fraction of sp³-hybridized carbons (Fsp3) is 0.323. The molecule has 11 rings (SSSR count). The van der Waals surface area contributed by atoms with Crippen LogP contribution in [0.15, 0.2) is 151 Å². The molecular formula is C62H75I4N9-2. The van der Waals surface area contributed by atoms with Crippen LogP contribution >= 0.6 is 37.2 Å². The van der Waals surface area contributed by atoms with Gasteiger partial charge in [-0.05, 0) is 89.6 Å². The number of aryl methyl sites for hydroxylation is 8. The third-order valence-electron chi connectivity index (χ3n) is 11.3. The van der Waals surface area contributed by atoms with E-state index in [4.69, 9.17) is 6.12 Å². The van der Waals surface area contributed by atoms with E-state index in [-0.39, 0.29) is 18.4 Å². The predicted molar refractivity (Wildman–Crippen MR) is 328 cm³/mol. The van der Waals surface area contributed by atoms with Gasteiger partial charge in [0.05, 0.1) is 11.4 Å². The Kier molecular flexibility index (Phi) is 31.9. The third kappa shape index (κ3) is 20.0. The summed E-state index contributed by atoms with van der Waals surface area (Å²) in [6.07, 6.45) is 10.1. The van der Waals surface area contributed by atoms with Crippen molar-refractivity contribution in [2.45, 2.75) is 106 Å². The molecule has 0 atom stereocenters. The van der Waals surface area contributed by atoms with Gasteiger partial charge in [-0.25, -0.2) is 9.36 Å². The molecule has 2 heterocycles. The molecule has 0 N–H and O–H groups in total. The van der Waals surface area contributed by atoms with Crippen molar-refractivity contribution in [1.29, 1.82) is 0.594 Å². The van der Waals surface area contributed by atoms with Crippen molar-refractivity contribution in [2.75, 3.05) is 11.5 Å². The Morgan fingerprint density at radius 3 is 1.08 bits per heavy atom. The Balaban J connectivity index is 0.000000256. The van der Waals surface area contributed by atoms with Crippen LogP contribution in [-0.4, -0.2) is 42.1 Å². The Bertz CT molecular complexity index is 2840. The molecule has 0 amide bonds. The Labute approximate surface area is 492 Å². The van der Waals surface area contributed by atoms with Crippen molar-refractivity contribution in [2.24, 2.45) is 19.2 Å². The maximum atomic E-state index is 7.52. The average Bonchev–Trinajstić information content (AvgIpc) is 4.00. The van der Waals surface area contributed by atoms with Gasteiger partial charge in [-0.2, -0.15) is 0 Å². The van der Waals surface area contributed by atoms with E-state index in [1.54, 1.807) is 6.92 Å². The van der Waals surface area contributed by atoms with E-state index in [1.165, 1.54) is 86.0 Å². The van der Waals surface area contributed by atoms with Crippen LogP contribution in [0.4, 0.5) is 0 Å². The Hall–Kier alpha value is -4.61. The molecule has 3 aliphatic rings. The summed E-state index contributed by atoms with van der Waals surface area (Å²) >= 11 is 4.83. The number of aromatic nitrogens is 6. The van der Waals surface area contributed by atoms with Crippen LogP contribution in [0.25, 0.3) is 55.5 Å². The summed E-state index contributed by atoms with van der Waals surface area (Å²) in [4.78, 5) is 4.70. The Morgan fingerprint density at radius 1 is 0.533 bits per heavy atom. The van der Waals surface area contributed by atoms with E-state index < -0.39 is 0 Å². The molecular weight excluding hydrogens is 1380 g/mol. The number of hydrogen-bond donors (Lipinski definition) is 0. The molecule has 6 aromatic carbocycles. The minimum absolute atomic E-state index is 0.190. The Morgan fingerprint density at radius 2 is 0.787 bits per heavy atom. The summed E-state index contributed by atoms with van der Waals surface area (Å²) in [7, 11) is 3.93. The number of rotatable bonds is 1. The molecule has 0 saturated heterocycles. The van der Waals surface area contributed by atoms with Crippen molar-refractivity contribution < 1.29 is 35.6 Å². The van der Waals surface area contributed by atoms with Gasteiger partial charge in [-0.1, -0.05) is 229 Å². The molecule has 75 heavy (non-hydrogen) atoms. The molecule has 0 aliphatic heterocycles. The van der Waals surface area contributed by atoms with Crippen molar-refractivity contribution in [3.8, 4) is 56.9 Å². The fourth-order valence-corrected chi connectivity index (χ4v) is 8.28. The predicted octanol–water partition coefficient (Wildman–Crippen LogP) is 10.9. The average molecular weight is 1450 g/mol. The molecule has 0 fully saturated rings. The summed E-state index contributed by atoms with van der Waals surface area (Å²) in [6, 6.07) is 51.1. The van der Waals surface area contributed by atoms with Gasteiger partial charge in [-0.15, -0.1) is 10.2 Å². The summed E-state index contributed by atoms with van der Waals surface area (Å²) in [5, 5.41) is 20.5. The zero-order valence-corrected chi connectivity index (χ0v) is 54.1. The number of nitrogens with zero attached hydrogens (tertiary/aromatic N) is 9. The van der Waals surface area contributed by atoms with Crippen molar-refractivity contribution in [3.63, 3.8) is 0 Å². The van der Waals surface area contributed by atoms with E-state index in [0.717, 1.165) is 61.3 Å². The van der Waals surface area contributed by atoms with Crippen LogP contribution in [0.1, 0.15) is 112 Å². The first-order valence-electron chi connectivity index (χ1n) is 26.1. The normalized spacial score (nSPS) is 11.2. The summed E-state index contributed by atoms with van der Waals surface area (Å²) in [5.41, 5.74) is 27.2. The van der Waals surface area contributed by atoms with Crippen molar-refractivity contribution in [3.05, 3.63) is 201 Å². The molecule has 3 aliphatic carbocycles. The molecule has 13 heteroatoms. The van der Waals surface area contributed by atoms with Crippen molar-refractivity contribution in [1.82, 2.24) is 30.0 Å². The number of hydrogen-bond acceptors (Lipinski definition) is 5. The fourth-order valence-electron chi connectivity index (χ4n) is 8.28. The molecule has 0 unspecified atom stereocenters. The van der Waals surface area contributed by atoms with E-state index in [9.17, 15) is 0 Å². The molecule has 0 radical (unpaired) electrons. The van der Waals surface area contributed by atoms with Crippen molar-refractivity contribution >= 4 is 37.2 Å².